The van der Waals surface area contributed by atoms with Crippen LogP contribution in [-0.2, 0) is 0 Å². The molecule has 3 rings (SSSR count). The summed E-state index contributed by atoms with van der Waals surface area (Å²) in [6.45, 7) is 2.13. The Hall–Kier alpha value is -2.17. The monoisotopic (exact) mass is 326 g/mol. The first-order valence-corrected chi connectivity index (χ1v) is 8.42. The summed E-state index contributed by atoms with van der Waals surface area (Å²) in [5.74, 6) is -0.230. The van der Waals surface area contributed by atoms with Crippen LogP contribution in [0.3, 0.4) is 0 Å². The minimum atomic E-state index is -0.230. The summed E-state index contributed by atoms with van der Waals surface area (Å²) in [5.41, 5.74) is 8.74. The van der Waals surface area contributed by atoms with Gasteiger partial charge in [-0.25, -0.2) is 4.39 Å². The molecule has 1 aromatic heterocycles. The van der Waals surface area contributed by atoms with Crippen LogP contribution in [-0.4, -0.2) is 0 Å². The largest absolute Gasteiger partial charge is 0.399 e. The second-order valence-electron chi connectivity index (χ2n) is 5.56. The molecule has 0 amide bonds. The second kappa shape index (κ2) is 6.94. The van der Waals surface area contributed by atoms with Crippen LogP contribution in [0.2, 0.25) is 0 Å². The van der Waals surface area contributed by atoms with Gasteiger partial charge >= 0.3 is 0 Å². The average Bonchev–Trinajstić information content (AvgIpc) is 3.08. The lowest BCUT2D eigenvalue weighted by molar-refractivity contribution is 0.521. The second-order valence-corrected chi connectivity index (χ2v) is 6.54. The predicted molar refractivity (Wildman–Crippen MR) is 95.0 cm³/mol. The third-order valence-corrected chi connectivity index (χ3v) is 4.89. The third-order valence-electron chi connectivity index (χ3n) is 3.83. The number of nitrogens with two attached hydrogens (primary N) is 1. The topological polar surface area (TPSA) is 38.0 Å². The van der Waals surface area contributed by atoms with Gasteiger partial charge in [0.15, 0.2) is 0 Å². The molecule has 0 radical (unpaired) electrons. The van der Waals surface area contributed by atoms with Crippen molar-refractivity contribution in [3.8, 4) is 0 Å². The van der Waals surface area contributed by atoms with E-state index < -0.39 is 0 Å². The summed E-state index contributed by atoms with van der Waals surface area (Å²) >= 11 is 1.72. The molecule has 0 bridgehead atoms. The minimum absolute atomic E-state index is 0.0452. The van der Waals surface area contributed by atoms with Gasteiger partial charge in [0.05, 0.1) is 6.04 Å². The van der Waals surface area contributed by atoms with Crippen LogP contribution >= 0.6 is 11.3 Å². The Kier molecular flexibility index (Phi) is 4.74. The zero-order chi connectivity index (χ0) is 16.2. The molecule has 0 aliphatic rings. The highest BCUT2D eigenvalue weighted by atomic mass is 32.1. The first kappa shape index (κ1) is 15.7. The molecule has 0 fully saturated rings. The fourth-order valence-corrected chi connectivity index (χ4v) is 3.39. The molecule has 3 N–H and O–H groups in total. The molecule has 3 aromatic rings. The number of hydrogen-bond donors (Lipinski definition) is 2. The van der Waals surface area contributed by atoms with Gasteiger partial charge in [-0.3, -0.25) is 5.32 Å². The fourth-order valence-electron chi connectivity index (χ4n) is 2.65. The molecule has 0 aliphatic carbocycles. The lowest BCUT2D eigenvalue weighted by Crippen LogP contribution is -2.25. The van der Waals surface area contributed by atoms with Crippen molar-refractivity contribution in [1.82, 2.24) is 5.32 Å². The predicted octanol–water partition coefficient (Wildman–Crippen LogP) is 4.91. The maximum atomic E-state index is 13.3. The number of nitrogens with one attached hydrogen (secondary N) is 1. The van der Waals surface area contributed by atoms with Gasteiger partial charge < -0.3 is 5.73 Å². The molecular formula is C19H19FN2S. The van der Waals surface area contributed by atoms with Crippen LogP contribution in [0.4, 0.5) is 10.1 Å². The fraction of sp³-hybridized carbons (Fsp3) is 0.158. The zero-order valence-corrected chi connectivity index (χ0v) is 13.7. The Morgan fingerprint density at radius 3 is 2.43 bits per heavy atom. The molecular weight excluding hydrogens is 307 g/mol. The molecule has 1 heterocycles. The Balaban J connectivity index is 1.94. The average molecular weight is 326 g/mol. The van der Waals surface area contributed by atoms with Crippen molar-refractivity contribution in [2.24, 2.45) is 0 Å². The van der Waals surface area contributed by atoms with Gasteiger partial charge in [-0.05, 0) is 53.8 Å². The van der Waals surface area contributed by atoms with E-state index in [0.717, 1.165) is 16.8 Å². The van der Waals surface area contributed by atoms with Crippen molar-refractivity contribution < 1.29 is 4.39 Å². The van der Waals surface area contributed by atoms with Crippen molar-refractivity contribution in [2.45, 2.75) is 19.0 Å². The molecule has 0 saturated heterocycles. The SMILES string of the molecule is CC(NC(c1ccc(F)cc1)c1cccc(N)c1)c1cccs1. The van der Waals surface area contributed by atoms with Crippen LogP contribution in [0.5, 0.6) is 0 Å². The van der Waals surface area contributed by atoms with E-state index in [2.05, 4.69) is 23.7 Å². The highest BCUT2D eigenvalue weighted by Gasteiger charge is 2.18. The Morgan fingerprint density at radius 1 is 1.00 bits per heavy atom. The Morgan fingerprint density at radius 2 is 1.78 bits per heavy atom. The Labute approximate surface area is 139 Å². The minimum Gasteiger partial charge on any atom is -0.399 e. The van der Waals surface area contributed by atoms with Crippen LogP contribution < -0.4 is 11.1 Å². The van der Waals surface area contributed by atoms with Crippen LogP contribution in [0.25, 0.3) is 0 Å². The van der Waals surface area contributed by atoms with Crippen molar-refractivity contribution in [1.29, 1.82) is 0 Å². The number of nitrogen functional groups attached to an aromatic ring is 1. The highest BCUT2D eigenvalue weighted by Crippen LogP contribution is 2.28. The van der Waals surface area contributed by atoms with Crippen molar-refractivity contribution >= 4 is 17.0 Å². The van der Waals surface area contributed by atoms with Crippen molar-refractivity contribution in [3.05, 3.63) is 87.9 Å². The molecule has 2 nitrogen and oxygen atoms in total. The highest BCUT2D eigenvalue weighted by molar-refractivity contribution is 7.10. The quantitative estimate of drug-likeness (QED) is 0.654. The van der Waals surface area contributed by atoms with E-state index in [0.29, 0.717) is 0 Å². The first-order chi connectivity index (χ1) is 11.1. The lowest BCUT2D eigenvalue weighted by atomic mass is 9.97. The summed E-state index contributed by atoms with van der Waals surface area (Å²) in [6.07, 6.45) is 0. The van der Waals surface area contributed by atoms with E-state index in [-0.39, 0.29) is 17.9 Å². The zero-order valence-electron chi connectivity index (χ0n) is 12.9. The third kappa shape index (κ3) is 3.78. The number of halogens is 1. The Bertz CT molecular complexity index is 753. The maximum Gasteiger partial charge on any atom is 0.123 e. The molecule has 0 aliphatic heterocycles. The lowest BCUT2D eigenvalue weighted by Gasteiger charge is -2.24. The first-order valence-electron chi connectivity index (χ1n) is 7.54. The molecule has 0 spiro atoms. The van der Waals surface area contributed by atoms with Gasteiger partial charge in [-0.15, -0.1) is 11.3 Å². The summed E-state index contributed by atoms with van der Waals surface area (Å²) in [7, 11) is 0. The van der Waals surface area contributed by atoms with Gasteiger partial charge in [0, 0.05) is 16.6 Å². The summed E-state index contributed by atoms with van der Waals surface area (Å²) in [4.78, 5) is 1.26. The van der Waals surface area contributed by atoms with Gasteiger partial charge in [-0.2, -0.15) is 0 Å². The van der Waals surface area contributed by atoms with E-state index in [9.17, 15) is 4.39 Å². The smallest absolute Gasteiger partial charge is 0.123 e. The molecule has 23 heavy (non-hydrogen) atoms. The number of anilines is 1. The molecule has 118 valence electrons. The van der Waals surface area contributed by atoms with E-state index in [1.54, 1.807) is 11.3 Å². The molecule has 4 heteroatoms. The number of thiophene rings is 1. The molecule has 2 aromatic carbocycles. The molecule has 0 saturated carbocycles. The number of rotatable bonds is 5. The van der Waals surface area contributed by atoms with Crippen molar-refractivity contribution in [3.63, 3.8) is 0 Å². The van der Waals surface area contributed by atoms with Crippen molar-refractivity contribution in [2.75, 3.05) is 5.73 Å². The molecule has 2 atom stereocenters. The van der Waals surface area contributed by atoms with E-state index in [1.165, 1.54) is 17.0 Å². The van der Waals surface area contributed by atoms with Gasteiger partial charge in [0.2, 0.25) is 0 Å². The van der Waals surface area contributed by atoms with Crippen LogP contribution in [0.1, 0.15) is 35.0 Å². The standard InChI is InChI=1S/C19H19FN2S/c1-13(18-6-3-11-23-18)22-19(14-7-9-16(20)10-8-14)15-4-2-5-17(21)12-15/h2-13,19,22H,21H2,1H3. The normalized spacial score (nSPS) is 13.7. The van der Waals surface area contributed by atoms with Gasteiger partial charge in [-0.1, -0.05) is 30.3 Å². The number of benzene rings is 2. The summed E-state index contributed by atoms with van der Waals surface area (Å²) < 4.78 is 13.3. The number of hydrogen-bond acceptors (Lipinski definition) is 3. The van der Waals surface area contributed by atoms with Gasteiger partial charge in [0.1, 0.15) is 5.82 Å². The van der Waals surface area contributed by atoms with E-state index in [4.69, 9.17) is 5.73 Å². The van der Waals surface area contributed by atoms with E-state index in [1.807, 2.05) is 42.5 Å². The van der Waals surface area contributed by atoms with Crippen LogP contribution in [0.15, 0.2) is 66.0 Å². The van der Waals surface area contributed by atoms with Crippen LogP contribution in [0, 0.1) is 5.82 Å². The van der Waals surface area contributed by atoms with Gasteiger partial charge in [0.25, 0.3) is 0 Å². The van der Waals surface area contributed by atoms with E-state index >= 15 is 0 Å². The summed E-state index contributed by atoms with van der Waals surface area (Å²) in [5, 5.41) is 5.70. The molecule has 2 unspecified atom stereocenters. The maximum absolute atomic E-state index is 13.3. The summed E-state index contributed by atoms with van der Waals surface area (Å²) in [6, 6.07) is 18.7.